The molecule has 1 aromatic carbocycles. The van der Waals surface area contributed by atoms with Crippen molar-refractivity contribution in [2.45, 2.75) is 25.8 Å². The van der Waals surface area contributed by atoms with Crippen LogP contribution in [-0.4, -0.2) is 7.11 Å². The molecule has 0 atom stereocenters. The van der Waals surface area contributed by atoms with Crippen LogP contribution in [0.3, 0.4) is 0 Å². The lowest BCUT2D eigenvalue weighted by Gasteiger charge is -2.08. The fraction of sp³-hybridized carbons (Fsp3) is 0.500. The van der Waals surface area contributed by atoms with E-state index in [-0.39, 0.29) is 0 Å². The summed E-state index contributed by atoms with van der Waals surface area (Å²) < 4.78 is 5.23. The molecule has 1 aliphatic rings. The Morgan fingerprint density at radius 3 is 2.79 bits per heavy atom. The molecular weight excluding hydrogens is 174 g/mol. The van der Waals surface area contributed by atoms with Crippen LogP contribution in [-0.2, 0) is 13.0 Å². The molecule has 0 spiro atoms. The van der Waals surface area contributed by atoms with Crippen molar-refractivity contribution in [1.29, 1.82) is 0 Å². The molecule has 0 saturated heterocycles. The summed E-state index contributed by atoms with van der Waals surface area (Å²) in [4.78, 5) is 0. The number of nitrogens with two attached hydrogens (primary N) is 1. The normalized spacial score (nSPS) is 15.6. The molecule has 0 aromatic heterocycles. The smallest absolute Gasteiger partial charge is 0.123 e. The van der Waals surface area contributed by atoms with E-state index in [1.165, 1.54) is 24.8 Å². The minimum atomic E-state index is 0.557. The van der Waals surface area contributed by atoms with Crippen LogP contribution < -0.4 is 10.5 Å². The molecule has 2 heteroatoms. The summed E-state index contributed by atoms with van der Waals surface area (Å²) in [6.45, 7) is 0.557. The van der Waals surface area contributed by atoms with Gasteiger partial charge in [-0.1, -0.05) is 12.1 Å². The maximum atomic E-state index is 5.66. The molecule has 76 valence electrons. The maximum Gasteiger partial charge on any atom is 0.123 e. The van der Waals surface area contributed by atoms with Crippen LogP contribution in [0.1, 0.15) is 24.0 Å². The van der Waals surface area contributed by atoms with Crippen molar-refractivity contribution < 1.29 is 4.74 Å². The van der Waals surface area contributed by atoms with E-state index in [9.17, 15) is 0 Å². The molecule has 2 N–H and O–H groups in total. The number of ether oxygens (including phenoxy) is 1. The van der Waals surface area contributed by atoms with Crippen molar-refractivity contribution >= 4 is 0 Å². The van der Waals surface area contributed by atoms with Gasteiger partial charge in [0.1, 0.15) is 5.75 Å². The molecule has 0 unspecified atom stereocenters. The zero-order valence-corrected chi connectivity index (χ0v) is 8.62. The number of methoxy groups -OCH3 is 1. The summed E-state index contributed by atoms with van der Waals surface area (Å²) in [5.41, 5.74) is 8.17. The first-order valence-electron chi connectivity index (χ1n) is 5.19. The van der Waals surface area contributed by atoms with E-state index < -0.39 is 0 Å². The van der Waals surface area contributed by atoms with Gasteiger partial charge in [-0.15, -0.1) is 0 Å². The zero-order chi connectivity index (χ0) is 9.97. The van der Waals surface area contributed by atoms with Crippen LogP contribution in [0, 0.1) is 5.92 Å². The Labute approximate surface area is 85.1 Å². The first kappa shape index (κ1) is 9.53. The lowest BCUT2D eigenvalue weighted by Crippen LogP contribution is -2.01. The van der Waals surface area contributed by atoms with E-state index in [1.807, 2.05) is 6.07 Å². The Balaban J connectivity index is 2.16. The molecule has 1 aromatic rings. The fourth-order valence-corrected chi connectivity index (χ4v) is 1.77. The highest BCUT2D eigenvalue weighted by atomic mass is 16.5. The molecular formula is C12H17NO. The van der Waals surface area contributed by atoms with Crippen LogP contribution in [0.15, 0.2) is 18.2 Å². The third-order valence-electron chi connectivity index (χ3n) is 2.79. The predicted octanol–water partition coefficient (Wildman–Crippen LogP) is 2.11. The molecule has 0 heterocycles. The quantitative estimate of drug-likeness (QED) is 0.791. The minimum Gasteiger partial charge on any atom is -0.496 e. The minimum absolute atomic E-state index is 0.557. The van der Waals surface area contributed by atoms with Crippen LogP contribution in [0.5, 0.6) is 5.75 Å². The second kappa shape index (κ2) is 4.01. The maximum absolute atomic E-state index is 5.66. The summed E-state index contributed by atoms with van der Waals surface area (Å²) in [6, 6.07) is 6.35. The molecule has 1 aliphatic carbocycles. The number of rotatable bonds is 4. The van der Waals surface area contributed by atoms with Gasteiger partial charge in [-0.2, -0.15) is 0 Å². The molecule has 0 amide bonds. The molecule has 1 saturated carbocycles. The average Bonchev–Trinajstić information content (AvgIpc) is 3.01. The van der Waals surface area contributed by atoms with Crippen molar-refractivity contribution in [3.05, 3.63) is 29.3 Å². The third-order valence-corrected chi connectivity index (χ3v) is 2.79. The summed E-state index contributed by atoms with van der Waals surface area (Å²) >= 11 is 0. The van der Waals surface area contributed by atoms with Gasteiger partial charge in [-0.25, -0.2) is 0 Å². The van der Waals surface area contributed by atoms with Crippen LogP contribution >= 0.6 is 0 Å². The lowest BCUT2D eigenvalue weighted by molar-refractivity contribution is 0.409. The molecule has 2 rings (SSSR count). The molecule has 0 radical (unpaired) electrons. The standard InChI is InChI=1S/C12H17NO/c1-14-12-5-4-10(6-9-2-3-9)7-11(12)8-13/h4-5,7,9H,2-3,6,8,13H2,1H3. The SMILES string of the molecule is COc1ccc(CC2CC2)cc1CN. The van der Waals surface area contributed by atoms with Gasteiger partial charge in [0.15, 0.2) is 0 Å². The second-order valence-corrected chi connectivity index (χ2v) is 4.00. The number of hydrogen-bond acceptors (Lipinski definition) is 2. The van der Waals surface area contributed by atoms with Crippen molar-refractivity contribution in [2.75, 3.05) is 7.11 Å². The molecule has 1 fully saturated rings. The first-order chi connectivity index (χ1) is 6.83. The monoisotopic (exact) mass is 191 g/mol. The Morgan fingerprint density at radius 2 is 2.21 bits per heavy atom. The van der Waals surface area contributed by atoms with Gasteiger partial charge in [0.25, 0.3) is 0 Å². The highest BCUT2D eigenvalue weighted by Crippen LogP contribution is 2.33. The van der Waals surface area contributed by atoms with Gasteiger partial charge >= 0.3 is 0 Å². The van der Waals surface area contributed by atoms with Crippen molar-refractivity contribution in [2.24, 2.45) is 11.7 Å². The van der Waals surface area contributed by atoms with Gasteiger partial charge < -0.3 is 10.5 Å². The Hall–Kier alpha value is -1.02. The largest absolute Gasteiger partial charge is 0.496 e. The van der Waals surface area contributed by atoms with Crippen molar-refractivity contribution in [3.8, 4) is 5.75 Å². The van der Waals surface area contributed by atoms with E-state index in [1.54, 1.807) is 7.11 Å². The van der Waals surface area contributed by atoms with Gasteiger partial charge in [0.2, 0.25) is 0 Å². The van der Waals surface area contributed by atoms with Gasteiger partial charge in [-0.05, 0) is 36.8 Å². The highest BCUT2D eigenvalue weighted by Gasteiger charge is 2.21. The van der Waals surface area contributed by atoms with Crippen molar-refractivity contribution in [3.63, 3.8) is 0 Å². The average molecular weight is 191 g/mol. The second-order valence-electron chi connectivity index (χ2n) is 4.00. The van der Waals surface area contributed by atoms with E-state index in [0.29, 0.717) is 6.54 Å². The number of benzene rings is 1. The van der Waals surface area contributed by atoms with E-state index in [2.05, 4.69) is 12.1 Å². The highest BCUT2D eigenvalue weighted by molar-refractivity contribution is 5.37. The van der Waals surface area contributed by atoms with Crippen LogP contribution in [0.25, 0.3) is 0 Å². The Kier molecular flexibility index (Phi) is 2.73. The van der Waals surface area contributed by atoms with E-state index in [0.717, 1.165) is 17.2 Å². The summed E-state index contributed by atoms with van der Waals surface area (Å²) in [7, 11) is 1.69. The van der Waals surface area contributed by atoms with E-state index in [4.69, 9.17) is 10.5 Å². The predicted molar refractivity (Wildman–Crippen MR) is 57.3 cm³/mol. The molecule has 14 heavy (non-hydrogen) atoms. The van der Waals surface area contributed by atoms with Gasteiger partial charge in [-0.3, -0.25) is 0 Å². The fourth-order valence-electron chi connectivity index (χ4n) is 1.77. The van der Waals surface area contributed by atoms with E-state index >= 15 is 0 Å². The zero-order valence-electron chi connectivity index (χ0n) is 8.62. The summed E-state index contributed by atoms with van der Waals surface area (Å²) in [5, 5.41) is 0. The van der Waals surface area contributed by atoms with Gasteiger partial charge in [0, 0.05) is 12.1 Å². The molecule has 0 aliphatic heterocycles. The molecule has 2 nitrogen and oxygen atoms in total. The topological polar surface area (TPSA) is 35.2 Å². The van der Waals surface area contributed by atoms with Crippen molar-refractivity contribution in [1.82, 2.24) is 0 Å². The van der Waals surface area contributed by atoms with Crippen LogP contribution in [0.4, 0.5) is 0 Å². The lowest BCUT2D eigenvalue weighted by atomic mass is 10.0. The summed E-state index contributed by atoms with van der Waals surface area (Å²) in [6.07, 6.45) is 3.99. The Bertz CT molecular complexity index is 318. The third kappa shape index (κ3) is 2.07. The van der Waals surface area contributed by atoms with Crippen LogP contribution in [0.2, 0.25) is 0 Å². The summed E-state index contributed by atoms with van der Waals surface area (Å²) in [5.74, 6) is 1.83. The Morgan fingerprint density at radius 1 is 1.43 bits per heavy atom. The number of hydrogen-bond donors (Lipinski definition) is 1. The van der Waals surface area contributed by atoms with Gasteiger partial charge in [0.05, 0.1) is 7.11 Å². The first-order valence-corrected chi connectivity index (χ1v) is 5.19. The molecule has 0 bridgehead atoms.